The van der Waals surface area contributed by atoms with Gasteiger partial charge in [-0.05, 0) is 0 Å². The van der Waals surface area contributed by atoms with Gasteiger partial charge in [-0.3, -0.25) is 4.57 Å². The Kier molecular flexibility index (Phi) is 4.68. The third-order valence-electron chi connectivity index (χ3n) is 3.75. The molecule has 0 aliphatic carbocycles. The van der Waals surface area contributed by atoms with E-state index in [1.165, 1.54) is 12.7 Å². The minimum Gasteiger partial charge on any atom is -0.394 e. The summed E-state index contributed by atoms with van der Waals surface area (Å²) in [6.45, 7) is 0.378. The maximum atomic E-state index is 10.5. The van der Waals surface area contributed by atoms with Gasteiger partial charge >= 0.3 is 0 Å². The molecule has 1 saturated heterocycles. The van der Waals surface area contributed by atoms with Crippen molar-refractivity contribution >= 4 is 17.0 Å². The summed E-state index contributed by atoms with van der Waals surface area (Å²) in [5.41, 5.74) is 6.62. The lowest BCUT2D eigenvalue weighted by Gasteiger charge is -2.19. The fourth-order valence-electron chi connectivity index (χ4n) is 2.63. The third-order valence-corrected chi connectivity index (χ3v) is 3.75. The third kappa shape index (κ3) is 2.86. The number of aromatic nitrogens is 4. The number of ether oxygens (including phenoxy) is 3. The van der Waals surface area contributed by atoms with Crippen molar-refractivity contribution < 1.29 is 24.4 Å². The van der Waals surface area contributed by atoms with Gasteiger partial charge in [0.2, 0.25) is 0 Å². The van der Waals surface area contributed by atoms with Crippen LogP contribution in [-0.4, -0.2) is 75.0 Å². The van der Waals surface area contributed by atoms with Gasteiger partial charge in [-0.15, -0.1) is 0 Å². The molecule has 4 N–H and O–H groups in total. The Labute approximate surface area is 131 Å². The van der Waals surface area contributed by atoms with Crippen LogP contribution in [0.15, 0.2) is 12.7 Å². The molecule has 1 aliphatic heterocycles. The number of nitrogens with two attached hydrogens (primary N) is 1. The Morgan fingerprint density at radius 2 is 2.17 bits per heavy atom. The van der Waals surface area contributed by atoms with E-state index in [2.05, 4.69) is 15.0 Å². The Morgan fingerprint density at radius 1 is 1.35 bits per heavy atom. The number of imidazole rings is 1. The van der Waals surface area contributed by atoms with Gasteiger partial charge < -0.3 is 30.2 Å². The van der Waals surface area contributed by atoms with Gasteiger partial charge in [0, 0.05) is 7.11 Å². The fraction of sp³-hybridized carbons (Fsp3) is 0.615. The summed E-state index contributed by atoms with van der Waals surface area (Å²) >= 11 is 0. The number of methoxy groups -OCH3 is 1. The molecule has 0 bridgehead atoms. The van der Waals surface area contributed by atoms with E-state index in [9.17, 15) is 10.2 Å². The number of anilines is 1. The van der Waals surface area contributed by atoms with E-state index in [4.69, 9.17) is 19.9 Å². The van der Waals surface area contributed by atoms with Crippen LogP contribution in [-0.2, 0) is 14.2 Å². The molecule has 3 heterocycles. The number of hydrogen-bond donors (Lipinski definition) is 3. The van der Waals surface area contributed by atoms with Gasteiger partial charge in [0.1, 0.15) is 30.2 Å². The predicted octanol–water partition coefficient (Wildman–Crippen LogP) is -1.31. The summed E-state index contributed by atoms with van der Waals surface area (Å²) in [6, 6.07) is 0. The van der Waals surface area contributed by atoms with Gasteiger partial charge in [-0.1, -0.05) is 0 Å². The van der Waals surface area contributed by atoms with E-state index in [-0.39, 0.29) is 19.0 Å². The van der Waals surface area contributed by atoms with Crippen molar-refractivity contribution in [1.29, 1.82) is 0 Å². The molecule has 4 atom stereocenters. The van der Waals surface area contributed by atoms with Crippen LogP contribution in [0.2, 0.25) is 0 Å². The van der Waals surface area contributed by atoms with Gasteiger partial charge in [-0.25, -0.2) is 15.0 Å². The Balaban J connectivity index is 1.86. The van der Waals surface area contributed by atoms with Crippen LogP contribution in [0.3, 0.4) is 0 Å². The summed E-state index contributed by atoms with van der Waals surface area (Å²) in [5, 5.41) is 20.0. The number of aliphatic hydroxyl groups excluding tert-OH is 2. The normalized spacial score (nSPS) is 27.8. The first-order valence-corrected chi connectivity index (χ1v) is 7.15. The maximum Gasteiger partial charge on any atom is 0.167 e. The first-order chi connectivity index (χ1) is 11.2. The van der Waals surface area contributed by atoms with Gasteiger partial charge in [0.25, 0.3) is 0 Å². The average molecular weight is 325 g/mol. The van der Waals surface area contributed by atoms with Crippen molar-refractivity contribution in [2.75, 3.05) is 32.7 Å². The number of nitrogen functional groups attached to an aromatic ring is 1. The molecular weight excluding hydrogens is 306 g/mol. The molecule has 23 heavy (non-hydrogen) atoms. The van der Waals surface area contributed by atoms with E-state index >= 15 is 0 Å². The zero-order chi connectivity index (χ0) is 16.4. The Hall–Kier alpha value is -1.85. The molecule has 3 rings (SSSR count). The second-order valence-corrected chi connectivity index (χ2v) is 5.15. The molecule has 0 aromatic carbocycles. The molecule has 10 heteroatoms. The van der Waals surface area contributed by atoms with E-state index in [0.29, 0.717) is 17.8 Å². The zero-order valence-electron chi connectivity index (χ0n) is 12.6. The average Bonchev–Trinajstić information content (AvgIpc) is 3.10. The maximum absolute atomic E-state index is 10.5. The van der Waals surface area contributed by atoms with Gasteiger partial charge in [-0.2, -0.15) is 0 Å². The molecule has 1 fully saturated rings. The zero-order valence-corrected chi connectivity index (χ0v) is 12.6. The highest BCUT2D eigenvalue weighted by Crippen LogP contribution is 2.33. The van der Waals surface area contributed by atoms with Crippen LogP contribution < -0.4 is 5.73 Å². The number of rotatable bonds is 6. The first-order valence-electron chi connectivity index (χ1n) is 7.15. The highest BCUT2D eigenvalue weighted by molar-refractivity contribution is 5.81. The number of nitrogens with zero attached hydrogens (tertiary/aromatic N) is 4. The van der Waals surface area contributed by atoms with Crippen molar-refractivity contribution in [1.82, 2.24) is 19.5 Å². The lowest BCUT2D eigenvalue weighted by atomic mass is 10.1. The van der Waals surface area contributed by atoms with Crippen molar-refractivity contribution in [3.05, 3.63) is 12.7 Å². The number of hydrogen-bond acceptors (Lipinski definition) is 9. The molecule has 10 nitrogen and oxygen atoms in total. The van der Waals surface area contributed by atoms with Crippen molar-refractivity contribution in [3.63, 3.8) is 0 Å². The van der Waals surface area contributed by atoms with E-state index in [1.807, 2.05) is 0 Å². The molecule has 0 amide bonds. The topological polar surface area (TPSA) is 138 Å². The second-order valence-electron chi connectivity index (χ2n) is 5.15. The molecule has 1 unspecified atom stereocenters. The van der Waals surface area contributed by atoms with Crippen LogP contribution >= 0.6 is 0 Å². The van der Waals surface area contributed by atoms with Crippen molar-refractivity contribution in [3.8, 4) is 0 Å². The second kappa shape index (κ2) is 6.72. The minimum atomic E-state index is -1.00. The summed E-state index contributed by atoms with van der Waals surface area (Å²) < 4.78 is 17.8. The smallest absolute Gasteiger partial charge is 0.167 e. The highest BCUT2D eigenvalue weighted by atomic mass is 16.6. The monoisotopic (exact) mass is 325 g/mol. The Morgan fingerprint density at radius 3 is 2.91 bits per heavy atom. The minimum absolute atomic E-state index is 0.243. The molecule has 0 saturated carbocycles. The molecule has 2 aromatic heterocycles. The van der Waals surface area contributed by atoms with Gasteiger partial charge in [0.15, 0.2) is 17.7 Å². The van der Waals surface area contributed by atoms with Crippen LogP contribution in [0, 0.1) is 0 Å². The quantitative estimate of drug-likeness (QED) is 0.553. The van der Waals surface area contributed by atoms with Crippen molar-refractivity contribution in [2.24, 2.45) is 0 Å². The summed E-state index contributed by atoms with van der Waals surface area (Å²) in [5.74, 6) is 0.243. The summed E-state index contributed by atoms with van der Waals surface area (Å²) in [7, 11) is 1.55. The largest absolute Gasteiger partial charge is 0.394 e. The van der Waals surface area contributed by atoms with Gasteiger partial charge in [0.05, 0.1) is 26.1 Å². The van der Waals surface area contributed by atoms with Crippen molar-refractivity contribution in [2.45, 2.75) is 24.5 Å². The highest BCUT2D eigenvalue weighted by Gasteiger charge is 2.45. The SMILES string of the molecule is COCCOC1[C@@H](CO)O[C@@H](n2cnc3c(N)ncnc32)[C@H]1O. The molecular formula is C13H19N5O5. The fourth-order valence-corrected chi connectivity index (χ4v) is 2.63. The summed E-state index contributed by atoms with van der Waals surface area (Å²) in [4.78, 5) is 12.1. The standard InChI is InChI=1S/C13H19N5O5/c1-21-2-3-22-10-7(4-19)23-13(9(10)20)18-6-17-8-11(14)15-5-16-12(8)18/h5-7,9-10,13,19-20H,2-4H2,1H3,(H2,14,15,16)/t7-,9+,10?,13-/m1/s1. The first kappa shape index (κ1) is 16.0. The number of fused-ring (bicyclic) bond motifs is 1. The lowest BCUT2D eigenvalue weighted by Crippen LogP contribution is -2.37. The Bertz CT molecular complexity index is 665. The predicted molar refractivity (Wildman–Crippen MR) is 78.4 cm³/mol. The van der Waals surface area contributed by atoms with Crippen LogP contribution in [0.5, 0.6) is 0 Å². The van der Waals surface area contributed by atoms with Crippen LogP contribution in [0.25, 0.3) is 11.2 Å². The molecule has 1 aliphatic rings. The van der Waals surface area contributed by atoms with Crippen LogP contribution in [0.1, 0.15) is 6.23 Å². The molecule has 126 valence electrons. The summed E-state index contributed by atoms with van der Waals surface area (Å²) in [6.07, 6.45) is -0.361. The van der Waals surface area contributed by atoms with Crippen LogP contribution in [0.4, 0.5) is 5.82 Å². The van der Waals surface area contributed by atoms with E-state index in [1.54, 1.807) is 11.7 Å². The molecule has 0 radical (unpaired) electrons. The van der Waals surface area contributed by atoms with E-state index < -0.39 is 24.5 Å². The lowest BCUT2D eigenvalue weighted by molar-refractivity contribution is -0.0678. The van der Waals surface area contributed by atoms with E-state index in [0.717, 1.165) is 0 Å². The number of aliphatic hydroxyl groups is 2. The molecule has 2 aromatic rings. The molecule has 0 spiro atoms.